The number of ether oxygens (including phenoxy) is 2. The minimum absolute atomic E-state index is 0.0934. The zero-order chi connectivity index (χ0) is 14.8. The number of hydrogen-bond donors (Lipinski definition) is 0. The molecule has 0 aliphatic rings. The molecule has 2 rings (SSSR count). The van der Waals surface area contributed by atoms with Gasteiger partial charge in [-0.15, -0.1) is 13.2 Å². The summed E-state index contributed by atoms with van der Waals surface area (Å²) in [5, 5.41) is 0. The second-order valence-electron chi connectivity index (χ2n) is 3.78. The van der Waals surface area contributed by atoms with Crippen LogP contribution in [0.2, 0.25) is 0 Å². The largest absolute Gasteiger partial charge is 0.573 e. The summed E-state index contributed by atoms with van der Waals surface area (Å²) in [6.45, 7) is 0. The topological polar surface area (TPSA) is 31.4 Å². The predicted molar refractivity (Wildman–Crippen MR) is 62.9 cm³/mol. The average Bonchev–Trinajstić information content (AvgIpc) is 2.36. The van der Waals surface area contributed by atoms with Crippen LogP contribution in [0.4, 0.5) is 17.6 Å². The first-order chi connectivity index (χ1) is 9.40. The quantitative estimate of drug-likeness (QED) is 0.805. The van der Waals surface area contributed by atoms with Gasteiger partial charge in [0.1, 0.15) is 5.75 Å². The SMILES string of the molecule is COc1c(F)cncc1-c1cccc(OC(F)(F)F)c1. The highest BCUT2D eigenvalue weighted by molar-refractivity contribution is 5.70. The van der Waals surface area contributed by atoms with Crippen molar-refractivity contribution in [1.29, 1.82) is 0 Å². The summed E-state index contributed by atoms with van der Waals surface area (Å²) in [6.07, 6.45) is -2.53. The Bertz CT molecular complexity index is 614. The number of pyridine rings is 1. The number of hydrogen-bond acceptors (Lipinski definition) is 3. The van der Waals surface area contributed by atoms with Crippen molar-refractivity contribution in [2.24, 2.45) is 0 Å². The van der Waals surface area contributed by atoms with Gasteiger partial charge in [0.2, 0.25) is 0 Å². The number of benzene rings is 1. The maximum absolute atomic E-state index is 13.5. The van der Waals surface area contributed by atoms with Crippen LogP contribution in [0.1, 0.15) is 0 Å². The molecule has 20 heavy (non-hydrogen) atoms. The molecule has 7 heteroatoms. The molecule has 0 saturated carbocycles. The van der Waals surface area contributed by atoms with Gasteiger partial charge in [-0.3, -0.25) is 4.98 Å². The third-order valence-corrected chi connectivity index (χ3v) is 2.44. The summed E-state index contributed by atoms with van der Waals surface area (Å²) in [5.41, 5.74) is 0.538. The van der Waals surface area contributed by atoms with Crippen molar-refractivity contribution in [3.8, 4) is 22.6 Å². The molecular weight excluding hydrogens is 278 g/mol. The molecule has 0 unspecified atom stereocenters. The van der Waals surface area contributed by atoms with E-state index in [0.717, 1.165) is 18.3 Å². The van der Waals surface area contributed by atoms with E-state index >= 15 is 0 Å². The van der Waals surface area contributed by atoms with Crippen molar-refractivity contribution in [3.63, 3.8) is 0 Å². The molecule has 1 aromatic heterocycles. The van der Waals surface area contributed by atoms with E-state index in [1.165, 1.54) is 25.4 Å². The molecule has 0 bridgehead atoms. The van der Waals surface area contributed by atoms with Gasteiger partial charge in [0.15, 0.2) is 11.6 Å². The second kappa shape index (κ2) is 5.36. The Labute approximate surface area is 111 Å². The third-order valence-electron chi connectivity index (χ3n) is 2.44. The summed E-state index contributed by atoms with van der Waals surface area (Å²) in [7, 11) is 1.26. The van der Waals surface area contributed by atoms with Crippen LogP contribution in [0.15, 0.2) is 36.7 Å². The van der Waals surface area contributed by atoms with Crippen LogP contribution in [-0.4, -0.2) is 18.5 Å². The first-order valence-corrected chi connectivity index (χ1v) is 5.44. The fourth-order valence-corrected chi connectivity index (χ4v) is 1.70. The van der Waals surface area contributed by atoms with Crippen molar-refractivity contribution in [3.05, 3.63) is 42.5 Å². The van der Waals surface area contributed by atoms with Crippen LogP contribution < -0.4 is 9.47 Å². The molecule has 0 spiro atoms. The monoisotopic (exact) mass is 287 g/mol. The summed E-state index contributed by atoms with van der Waals surface area (Å²) < 4.78 is 58.7. The first-order valence-electron chi connectivity index (χ1n) is 5.44. The zero-order valence-electron chi connectivity index (χ0n) is 10.2. The van der Waals surface area contributed by atoms with Gasteiger partial charge in [0.25, 0.3) is 0 Å². The Balaban J connectivity index is 2.44. The van der Waals surface area contributed by atoms with Crippen LogP contribution in [-0.2, 0) is 0 Å². The minimum Gasteiger partial charge on any atom is -0.493 e. The van der Waals surface area contributed by atoms with E-state index in [1.807, 2.05) is 0 Å². The van der Waals surface area contributed by atoms with Crippen LogP contribution in [0.5, 0.6) is 11.5 Å². The Morgan fingerprint density at radius 2 is 1.90 bits per heavy atom. The van der Waals surface area contributed by atoms with Crippen molar-refractivity contribution in [2.75, 3.05) is 7.11 Å². The Hall–Kier alpha value is -2.31. The number of nitrogens with zero attached hydrogens (tertiary/aromatic N) is 1. The highest BCUT2D eigenvalue weighted by Crippen LogP contribution is 2.34. The molecule has 2 aromatic rings. The van der Waals surface area contributed by atoms with E-state index in [4.69, 9.17) is 4.74 Å². The van der Waals surface area contributed by atoms with Crippen molar-refractivity contribution >= 4 is 0 Å². The molecule has 0 amide bonds. The lowest BCUT2D eigenvalue weighted by molar-refractivity contribution is -0.274. The van der Waals surface area contributed by atoms with Gasteiger partial charge >= 0.3 is 6.36 Å². The Kier molecular flexibility index (Phi) is 3.78. The van der Waals surface area contributed by atoms with Crippen molar-refractivity contribution < 1.29 is 27.0 Å². The fourth-order valence-electron chi connectivity index (χ4n) is 1.70. The molecule has 1 aromatic carbocycles. The maximum atomic E-state index is 13.5. The van der Waals surface area contributed by atoms with Gasteiger partial charge in [0.05, 0.1) is 13.3 Å². The third kappa shape index (κ3) is 3.17. The zero-order valence-corrected chi connectivity index (χ0v) is 10.2. The number of aromatic nitrogens is 1. The molecule has 0 aliphatic carbocycles. The van der Waals surface area contributed by atoms with Crippen LogP contribution in [0, 0.1) is 5.82 Å². The highest BCUT2D eigenvalue weighted by atomic mass is 19.4. The molecule has 3 nitrogen and oxygen atoms in total. The molecule has 0 aliphatic heterocycles. The van der Waals surface area contributed by atoms with Gasteiger partial charge in [-0.25, -0.2) is 4.39 Å². The molecule has 0 saturated heterocycles. The number of rotatable bonds is 3. The summed E-state index contributed by atoms with van der Waals surface area (Å²) in [5.74, 6) is -1.20. The molecule has 106 valence electrons. The van der Waals surface area contributed by atoms with Crippen LogP contribution >= 0.6 is 0 Å². The molecule has 0 N–H and O–H groups in total. The lowest BCUT2D eigenvalue weighted by Crippen LogP contribution is -2.17. The normalized spacial score (nSPS) is 11.2. The lowest BCUT2D eigenvalue weighted by Gasteiger charge is -2.12. The van der Waals surface area contributed by atoms with Gasteiger partial charge in [-0.05, 0) is 17.7 Å². The standard InChI is InChI=1S/C13H9F4NO2/c1-19-12-10(6-18-7-11(12)14)8-3-2-4-9(5-8)20-13(15,16)17/h2-7H,1H3. The minimum atomic E-state index is -4.79. The van der Waals surface area contributed by atoms with Gasteiger partial charge < -0.3 is 9.47 Å². The highest BCUT2D eigenvalue weighted by Gasteiger charge is 2.31. The molecule has 0 fully saturated rings. The molecule has 0 radical (unpaired) electrons. The number of methoxy groups -OCH3 is 1. The smallest absolute Gasteiger partial charge is 0.493 e. The Morgan fingerprint density at radius 1 is 1.15 bits per heavy atom. The van der Waals surface area contributed by atoms with E-state index in [-0.39, 0.29) is 11.3 Å². The van der Waals surface area contributed by atoms with E-state index in [9.17, 15) is 17.6 Å². The van der Waals surface area contributed by atoms with E-state index in [1.54, 1.807) is 0 Å². The van der Waals surface area contributed by atoms with Crippen LogP contribution in [0.3, 0.4) is 0 Å². The lowest BCUT2D eigenvalue weighted by atomic mass is 10.1. The summed E-state index contributed by atoms with van der Waals surface area (Å²) in [4.78, 5) is 3.66. The van der Waals surface area contributed by atoms with E-state index in [2.05, 4.69) is 9.72 Å². The predicted octanol–water partition coefficient (Wildman–Crippen LogP) is 3.79. The Morgan fingerprint density at radius 3 is 2.55 bits per heavy atom. The summed E-state index contributed by atoms with van der Waals surface area (Å²) in [6, 6.07) is 5.14. The van der Waals surface area contributed by atoms with Gasteiger partial charge in [-0.1, -0.05) is 12.1 Å². The van der Waals surface area contributed by atoms with Gasteiger partial charge in [-0.2, -0.15) is 0 Å². The molecular formula is C13H9F4NO2. The summed E-state index contributed by atoms with van der Waals surface area (Å²) >= 11 is 0. The first kappa shape index (κ1) is 14.1. The van der Waals surface area contributed by atoms with Crippen LogP contribution in [0.25, 0.3) is 11.1 Å². The van der Waals surface area contributed by atoms with E-state index < -0.39 is 17.9 Å². The average molecular weight is 287 g/mol. The number of alkyl halides is 3. The molecule has 1 heterocycles. The van der Waals surface area contributed by atoms with Gasteiger partial charge in [0, 0.05) is 11.8 Å². The molecule has 0 atom stereocenters. The second-order valence-corrected chi connectivity index (χ2v) is 3.78. The van der Waals surface area contributed by atoms with Crippen molar-refractivity contribution in [2.45, 2.75) is 6.36 Å². The maximum Gasteiger partial charge on any atom is 0.573 e. The number of halogens is 4. The fraction of sp³-hybridized carbons (Fsp3) is 0.154. The van der Waals surface area contributed by atoms with E-state index in [0.29, 0.717) is 5.56 Å². The van der Waals surface area contributed by atoms with Crippen molar-refractivity contribution in [1.82, 2.24) is 4.98 Å².